The van der Waals surface area contributed by atoms with Crippen molar-refractivity contribution in [2.24, 2.45) is 7.05 Å². The lowest BCUT2D eigenvalue weighted by atomic mass is 10.6. The van der Waals surface area contributed by atoms with Gasteiger partial charge in [0, 0.05) is 19.4 Å². The largest absolute Gasteiger partial charge is 0.479 e. The van der Waals surface area contributed by atoms with Gasteiger partial charge in [0.2, 0.25) is 0 Å². The third-order valence-corrected chi connectivity index (χ3v) is 1.69. The Labute approximate surface area is 91.2 Å². The molecule has 8 nitrogen and oxygen atoms in total. The van der Waals surface area contributed by atoms with Crippen molar-refractivity contribution < 1.29 is 19.5 Å². The number of hydrogen-bond donors (Lipinski definition) is 3. The summed E-state index contributed by atoms with van der Waals surface area (Å²) >= 11 is 0. The van der Waals surface area contributed by atoms with E-state index in [1.165, 1.54) is 0 Å². The van der Waals surface area contributed by atoms with E-state index in [0.717, 1.165) is 0 Å². The highest BCUT2D eigenvalue weighted by molar-refractivity contribution is 5.73. The first kappa shape index (κ1) is 12.0. The second-order valence-electron chi connectivity index (χ2n) is 2.92. The summed E-state index contributed by atoms with van der Waals surface area (Å²) in [6.45, 7) is -0.360. The Morgan fingerprint density at radius 3 is 2.94 bits per heavy atom. The number of aliphatic carboxylic acids is 1. The molecule has 0 bridgehead atoms. The van der Waals surface area contributed by atoms with Crippen molar-refractivity contribution in [3.63, 3.8) is 0 Å². The van der Waals surface area contributed by atoms with Crippen LogP contribution in [0.3, 0.4) is 0 Å². The number of imidazole rings is 1. The van der Waals surface area contributed by atoms with Crippen LogP contribution in [0.1, 0.15) is 5.82 Å². The summed E-state index contributed by atoms with van der Waals surface area (Å²) in [6.07, 6.45) is 3.35. The minimum absolute atomic E-state index is 0.228. The number of nitrogens with zero attached hydrogens (tertiary/aromatic N) is 2. The highest BCUT2D eigenvalue weighted by Crippen LogP contribution is 1.92. The van der Waals surface area contributed by atoms with Gasteiger partial charge in [0.1, 0.15) is 5.82 Å². The highest BCUT2D eigenvalue weighted by atomic mass is 16.7. The molecule has 0 saturated heterocycles. The molecule has 16 heavy (non-hydrogen) atoms. The van der Waals surface area contributed by atoms with Gasteiger partial charge in [0.05, 0.1) is 6.54 Å². The lowest BCUT2D eigenvalue weighted by Gasteiger charge is -2.06. The van der Waals surface area contributed by atoms with Crippen LogP contribution in [0.15, 0.2) is 12.4 Å². The molecule has 0 radical (unpaired) electrons. The molecular formula is C8H12N4O4. The molecule has 0 saturated carbocycles. The minimum Gasteiger partial charge on any atom is -0.479 e. The highest BCUT2D eigenvalue weighted by Gasteiger charge is 2.04. The Bertz CT molecular complexity index is 376. The van der Waals surface area contributed by atoms with E-state index in [1.54, 1.807) is 24.0 Å². The summed E-state index contributed by atoms with van der Waals surface area (Å²) < 4.78 is 1.75. The van der Waals surface area contributed by atoms with Crippen LogP contribution in [-0.2, 0) is 23.2 Å². The van der Waals surface area contributed by atoms with Crippen molar-refractivity contribution in [2.75, 3.05) is 6.61 Å². The minimum atomic E-state index is -1.16. The number of carbonyl (C=O) groups is 2. The van der Waals surface area contributed by atoms with E-state index >= 15 is 0 Å². The lowest BCUT2D eigenvalue weighted by Crippen LogP contribution is -2.36. The van der Waals surface area contributed by atoms with Crippen molar-refractivity contribution in [3.05, 3.63) is 18.2 Å². The summed E-state index contributed by atoms with van der Waals surface area (Å²) in [5, 5.41) is 10.7. The zero-order valence-electron chi connectivity index (χ0n) is 8.64. The predicted octanol–water partition coefficient (Wildman–Crippen LogP) is -0.764. The molecule has 0 fully saturated rings. The maximum Gasteiger partial charge on any atom is 0.339 e. The number of urea groups is 1. The fourth-order valence-corrected chi connectivity index (χ4v) is 0.926. The van der Waals surface area contributed by atoms with E-state index < -0.39 is 18.6 Å². The van der Waals surface area contributed by atoms with Gasteiger partial charge in [0.25, 0.3) is 0 Å². The van der Waals surface area contributed by atoms with Gasteiger partial charge in [-0.05, 0) is 0 Å². The van der Waals surface area contributed by atoms with Crippen LogP contribution in [0.2, 0.25) is 0 Å². The first-order valence-corrected chi connectivity index (χ1v) is 4.43. The summed E-state index contributed by atoms with van der Waals surface area (Å²) in [4.78, 5) is 29.5. The Morgan fingerprint density at radius 2 is 2.38 bits per heavy atom. The van der Waals surface area contributed by atoms with Gasteiger partial charge in [-0.15, -0.1) is 0 Å². The van der Waals surface area contributed by atoms with Crippen molar-refractivity contribution >= 4 is 12.0 Å². The first-order chi connectivity index (χ1) is 7.59. The fourth-order valence-electron chi connectivity index (χ4n) is 0.926. The predicted molar refractivity (Wildman–Crippen MR) is 52.2 cm³/mol. The third-order valence-electron chi connectivity index (χ3n) is 1.69. The molecule has 0 aliphatic rings. The summed E-state index contributed by atoms with van der Waals surface area (Å²) in [6, 6.07) is -0.621. The number of aromatic nitrogens is 2. The normalized spacial score (nSPS) is 9.81. The molecule has 1 rings (SSSR count). The first-order valence-electron chi connectivity index (χ1n) is 4.43. The number of aryl methyl sites for hydroxylation is 1. The molecule has 0 atom stereocenters. The third kappa shape index (κ3) is 3.96. The van der Waals surface area contributed by atoms with Gasteiger partial charge in [0.15, 0.2) is 6.61 Å². The zero-order chi connectivity index (χ0) is 12.0. The SMILES string of the molecule is Cn1ccnc1CNC(=O)NOCC(=O)O. The monoisotopic (exact) mass is 228 g/mol. The molecule has 1 heterocycles. The molecule has 1 aromatic heterocycles. The molecular weight excluding hydrogens is 216 g/mol. The molecule has 0 aliphatic heterocycles. The molecule has 0 spiro atoms. The van der Waals surface area contributed by atoms with Crippen LogP contribution in [0.25, 0.3) is 0 Å². The van der Waals surface area contributed by atoms with Crippen LogP contribution >= 0.6 is 0 Å². The Kier molecular flexibility index (Phi) is 4.28. The molecule has 2 amide bonds. The second kappa shape index (κ2) is 5.71. The number of amides is 2. The van der Waals surface area contributed by atoms with Crippen LogP contribution < -0.4 is 10.8 Å². The summed E-state index contributed by atoms with van der Waals surface area (Å²) in [5.41, 5.74) is 1.93. The quantitative estimate of drug-likeness (QED) is 0.574. The van der Waals surface area contributed by atoms with E-state index in [-0.39, 0.29) is 6.54 Å². The van der Waals surface area contributed by atoms with E-state index in [9.17, 15) is 9.59 Å². The van der Waals surface area contributed by atoms with Gasteiger partial charge >= 0.3 is 12.0 Å². The number of carboxylic acid groups (broad SMARTS) is 1. The van der Waals surface area contributed by atoms with Gasteiger partial charge < -0.3 is 15.0 Å². The molecule has 0 aliphatic carbocycles. The number of hydrogen-bond acceptors (Lipinski definition) is 4. The molecule has 8 heteroatoms. The van der Waals surface area contributed by atoms with Crippen LogP contribution in [-0.4, -0.2) is 33.3 Å². The Balaban J connectivity index is 2.20. The van der Waals surface area contributed by atoms with E-state index in [2.05, 4.69) is 15.1 Å². The topological polar surface area (TPSA) is 105 Å². The van der Waals surface area contributed by atoms with Crippen molar-refractivity contribution in [3.8, 4) is 0 Å². The van der Waals surface area contributed by atoms with Gasteiger partial charge in [-0.3, -0.25) is 4.84 Å². The van der Waals surface area contributed by atoms with Crippen molar-refractivity contribution in [1.82, 2.24) is 20.3 Å². The van der Waals surface area contributed by atoms with Gasteiger partial charge in [-0.1, -0.05) is 0 Å². The Morgan fingerprint density at radius 1 is 1.62 bits per heavy atom. The smallest absolute Gasteiger partial charge is 0.339 e. The van der Waals surface area contributed by atoms with E-state index in [1.807, 2.05) is 5.48 Å². The standard InChI is InChI=1S/C8H12N4O4/c1-12-3-2-9-6(12)4-10-8(15)11-16-5-7(13)14/h2-3H,4-5H2,1H3,(H,13,14)(H2,10,11,15). The molecule has 0 unspecified atom stereocenters. The van der Waals surface area contributed by atoms with Crippen LogP contribution in [0.5, 0.6) is 0 Å². The molecule has 1 aromatic rings. The lowest BCUT2D eigenvalue weighted by molar-refractivity contribution is -0.144. The average Bonchev–Trinajstić information content (AvgIpc) is 2.60. The van der Waals surface area contributed by atoms with Gasteiger partial charge in [-0.25, -0.2) is 20.1 Å². The average molecular weight is 228 g/mol. The number of nitrogens with one attached hydrogen (secondary N) is 2. The van der Waals surface area contributed by atoms with Crippen molar-refractivity contribution in [2.45, 2.75) is 6.54 Å². The van der Waals surface area contributed by atoms with Crippen LogP contribution in [0.4, 0.5) is 4.79 Å². The molecule has 88 valence electrons. The number of carboxylic acids is 1. The molecule has 0 aromatic carbocycles. The Hall–Kier alpha value is -2.09. The van der Waals surface area contributed by atoms with E-state index in [0.29, 0.717) is 5.82 Å². The number of hydroxylamine groups is 1. The zero-order valence-corrected chi connectivity index (χ0v) is 8.64. The number of rotatable bonds is 5. The molecule has 3 N–H and O–H groups in total. The maximum atomic E-state index is 11.1. The van der Waals surface area contributed by atoms with Gasteiger partial charge in [-0.2, -0.15) is 0 Å². The second-order valence-corrected chi connectivity index (χ2v) is 2.92. The van der Waals surface area contributed by atoms with Crippen molar-refractivity contribution in [1.29, 1.82) is 0 Å². The van der Waals surface area contributed by atoms with Crippen LogP contribution in [0, 0.1) is 0 Å². The summed E-state index contributed by atoms with van der Waals surface area (Å²) in [5.74, 6) is -0.488. The number of carbonyl (C=O) groups excluding carboxylic acids is 1. The fraction of sp³-hybridized carbons (Fsp3) is 0.375. The van der Waals surface area contributed by atoms with E-state index in [4.69, 9.17) is 5.11 Å². The summed E-state index contributed by atoms with van der Waals surface area (Å²) in [7, 11) is 1.79. The maximum absolute atomic E-state index is 11.1.